The molecule has 0 aromatic heterocycles. The molecule has 0 radical (unpaired) electrons. The zero-order valence-electron chi connectivity index (χ0n) is 11.7. The van der Waals surface area contributed by atoms with Crippen LogP contribution in [0.3, 0.4) is 0 Å². The smallest absolute Gasteiger partial charge is 0.268 e. The van der Waals surface area contributed by atoms with Crippen LogP contribution in [0.25, 0.3) is 0 Å². The summed E-state index contributed by atoms with van der Waals surface area (Å²) in [6.45, 7) is 0. The monoisotopic (exact) mass is 270 g/mol. The zero-order chi connectivity index (χ0) is 13.7. The molecule has 1 amide bonds. The van der Waals surface area contributed by atoms with Crippen molar-refractivity contribution in [2.45, 2.75) is 38.1 Å². The van der Waals surface area contributed by atoms with Crippen molar-refractivity contribution in [3.05, 3.63) is 35.9 Å². The Balaban J connectivity index is 1.57. The van der Waals surface area contributed by atoms with Crippen LogP contribution >= 0.6 is 0 Å². The van der Waals surface area contributed by atoms with Gasteiger partial charge in [0.2, 0.25) is 0 Å². The van der Waals surface area contributed by atoms with E-state index in [-0.39, 0.29) is 11.9 Å². The number of amides is 1. The summed E-state index contributed by atoms with van der Waals surface area (Å²) < 4.78 is 0. The number of nitrogens with zero attached hydrogens (tertiary/aromatic N) is 1. The van der Waals surface area contributed by atoms with Crippen LogP contribution < -0.4 is 5.84 Å². The van der Waals surface area contributed by atoms with Gasteiger partial charge < -0.3 is 0 Å². The lowest BCUT2D eigenvalue weighted by Crippen LogP contribution is -2.59. The lowest BCUT2D eigenvalue weighted by atomic mass is 9.54. The van der Waals surface area contributed by atoms with Crippen LogP contribution in [0.5, 0.6) is 0 Å². The second-order valence-corrected chi connectivity index (χ2v) is 7.00. The second-order valence-electron chi connectivity index (χ2n) is 7.00. The Morgan fingerprint density at radius 1 is 0.950 bits per heavy atom. The molecular weight excluding hydrogens is 248 g/mol. The van der Waals surface area contributed by atoms with Gasteiger partial charge in [-0.2, -0.15) is 0 Å². The Hall–Kier alpha value is -1.35. The van der Waals surface area contributed by atoms with Gasteiger partial charge in [0.05, 0.1) is 6.04 Å². The van der Waals surface area contributed by atoms with Crippen LogP contribution in [0.4, 0.5) is 0 Å². The van der Waals surface area contributed by atoms with Crippen molar-refractivity contribution < 1.29 is 4.79 Å². The van der Waals surface area contributed by atoms with E-state index >= 15 is 0 Å². The maximum absolute atomic E-state index is 12.6. The van der Waals surface area contributed by atoms with Gasteiger partial charge in [0, 0.05) is 5.56 Å². The highest BCUT2D eigenvalue weighted by molar-refractivity contribution is 5.94. The number of nitrogens with two attached hydrogens (primary N) is 1. The summed E-state index contributed by atoms with van der Waals surface area (Å²) in [6.07, 6.45) is 6.57. The molecule has 5 rings (SSSR count). The maximum Gasteiger partial charge on any atom is 0.268 e. The van der Waals surface area contributed by atoms with Gasteiger partial charge >= 0.3 is 0 Å². The molecule has 4 fully saturated rings. The third-order valence-electron chi connectivity index (χ3n) is 5.75. The number of hydrogen-bond donors (Lipinski definition) is 1. The van der Waals surface area contributed by atoms with Crippen LogP contribution in [-0.4, -0.2) is 17.0 Å². The van der Waals surface area contributed by atoms with E-state index in [1.807, 2.05) is 30.3 Å². The van der Waals surface area contributed by atoms with Crippen molar-refractivity contribution >= 4 is 5.91 Å². The summed E-state index contributed by atoms with van der Waals surface area (Å²) in [6, 6.07) is 9.72. The molecule has 3 heteroatoms. The first-order valence-corrected chi connectivity index (χ1v) is 7.85. The number of benzene rings is 1. The zero-order valence-corrected chi connectivity index (χ0v) is 11.7. The molecule has 2 N–H and O–H groups in total. The minimum atomic E-state index is -0.0110. The topological polar surface area (TPSA) is 46.3 Å². The molecular formula is C17H22N2O. The van der Waals surface area contributed by atoms with Gasteiger partial charge in [0.1, 0.15) is 0 Å². The van der Waals surface area contributed by atoms with E-state index in [1.54, 1.807) is 5.01 Å². The van der Waals surface area contributed by atoms with Gasteiger partial charge in [-0.25, -0.2) is 5.84 Å². The normalized spacial score (nSPS) is 38.0. The maximum atomic E-state index is 12.6. The van der Waals surface area contributed by atoms with E-state index in [2.05, 4.69) is 0 Å². The Kier molecular flexibility index (Phi) is 2.84. The quantitative estimate of drug-likeness (QED) is 0.510. The van der Waals surface area contributed by atoms with E-state index in [1.165, 1.54) is 32.1 Å². The average molecular weight is 270 g/mol. The summed E-state index contributed by atoms with van der Waals surface area (Å²) >= 11 is 0. The summed E-state index contributed by atoms with van der Waals surface area (Å²) in [5, 5.41) is 1.57. The van der Waals surface area contributed by atoms with Crippen molar-refractivity contribution in [3.8, 4) is 0 Å². The first-order chi connectivity index (χ1) is 9.72. The Bertz CT molecular complexity index is 485. The van der Waals surface area contributed by atoms with Crippen LogP contribution in [0.1, 0.15) is 42.5 Å². The molecule has 4 bridgehead atoms. The molecule has 1 aromatic carbocycles. The van der Waals surface area contributed by atoms with Crippen molar-refractivity contribution in [1.82, 2.24) is 5.01 Å². The van der Waals surface area contributed by atoms with Gasteiger partial charge in [-0.1, -0.05) is 18.2 Å². The highest BCUT2D eigenvalue weighted by Crippen LogP contribution is 2.54. The average Bonchev–Trinajstić information content (AvgIpc) is 2.46. The molecule has 3 nitrogen and oxygen atoms in total. The molecule has 0 aliphatic heterocycles. The lowest BCUT2D eigenvalue weighted by molar-refractivity contribution is -0.0561. The molecule has 0 spiro atoms. The fraction of sp³-hybridized carbons (Fsp3) is 0.588. The molecule has 4 saturated carbocycles. The number of hydrazine groups is 1. The largest absolute Gasteiger partial charge is 0.273 e. The van der Waals surface area contributed by atoms with Crippen LogP contribution in [-0.2, 0) is 0 Å². The highest BCUT2D eigenvalue weighted by atomic mass is 16.2. The number of rotatable bonds is 2. The molecule has 4 aliphatic rings. The molecule has 0 saturated heterocycles. The highest BCUT2D eigenvalue weighted by Gasteiger charge is 2.50. The van der Waals surface area contributed by atoms with Crippen molar-refractivity contribution in [2.24, 2.45) is 29.5 Å². The summed E-state index contributed by atoms with van der Waals surface area (Å²) in [5.41, 5.74) is 0.712. The summed E-state index contributed by atoms with van der Waals surface area (Å²) in [5.74, 6) is 9.35. The fourth-order valence-corrected chi connectivity index (χ4v) is 5.22. The molecule has 20 heavy (non-hydrogen) atoms. The van der Waals surface area contributed by atoms with E-state index < -0.39 is 0 Å². The Morgan fingerprint density at radius 3 is 2.05 bits per heavy atom. The van der Waals surface area contributed by atoms with Crippen molar-refractivity contribution in [2.75, 3.05) is 0 Å². The van der Waals surface area contributed by atoms with Gasteiger partial charge in [-0.3, -0.25) is 9.80 Å². The van der Waals surface area contributed by atoms with Crippen molar-refractivity contribution in [3.63, 3.8) is 0 Å². The Morgan fingerprint density at radius 2 is 1.50 bits per heavy atom. The van der Waals surface area contributed by atoms with Gasteiger partial charge in [-0.15, -0.1) is 0 Å². The first kappa shape index (κ1) is 12.4. The number of carbonyl (C=O) groups excluding carboxylic acids is 1. The van der Waals surface area contributed by atoms with Gasteiger partial charge in [0.25, 0.3) is 5.91 Å². The number of carbonyl (C=O) groups is 1. The lowest BCUT2D eigenvalue weighted by Gasteiger charge is -2.56. The van der Waals surface area contributed by atoms with E-state index in [0.717, 1.165) is 11.8 Å². The molecule has 4 aliphatic carbocycles. The molecule has 0 heterocycles. The van der Waals surface area contributed by atoms with Gasteiger partial charge in [-0.05, 0) is 67.9 Å². The Labute approximate surface area is 120 Å². The predicted molar refractivity (Wildman–Crippen MR) is 77.6 cm³/mol. The third-order valence-corrected chi connectivity index (χ3v) is 5.75. The second kappa shape index (κ2) is 4.59. The molecule has 1 aromatic rings. The summed E-state index contributed by atoms with van der Waals surface area (Å²) in [7, 11) is 0. The van der Waals surface area contributed by atoms with E-state index in [0.29, 0.717) is 17.4 Å². The fourth-order valence-electron chi connectivity index (χ4n) is 5.22. The van der Waals surface area contributed by atoms with E-state index in [4.69, 9.17) is 5.84 Å². The molecule has 0 atom stereocenters. The van der Waals surface area contributed by atoms with Crippen molar-refractivity contribution in [1.29, 1.82) is 0 Å². The van der Waals surface area contributed by atoms with Crippen LogP contribution in [0.2, 0.25) is 0 Å². The third kappa shape index (κ3) is 1.87. The molecule has 106 valence electrons. The predicted octanol–water partition coefficient (Wildman–Crippen LogP) is 2.83. The van der Waals surface area contributed by atoms with E-state index in [9.17, 15) is 4.79 Å². The SMILES string of the molecule is NN(C(=O)c1ccccc1)C1C2CC3CC(C2)CC1C3. The first-order valence-electron chi connectivity index (χ1n) is 7.85. The minimum absolute atomic E-state index is 0.0110. The van der Waals surface area contributed by atoms with Crippen LogP contribution in [0, 0.1) is 23.7 Å². The minimum Gasteiger partial charge on any atom is -0.273 e. The standard InChI is InChI=1S/C17H22N2O/c18-19(17(20)13-4-2-1-3-5-13)16-14-7-11-6-12(9-14)10-15(16)8-11/h1-5,11-12,14-16H,6-10,18H2. The van der Waals surface area contributed by atoms with Gasteiger partial charge in [0.15, 0.2) is 0 Å². The summed E-state index contributed by atoms with van der Waals surface area (Å²) in [4.78, 5) is 12.6. The van der Waals surface area contributed by atoms with Crippen LogP contribution in [0.15, 0.2) is 30.3 Å². The molecule has 0 unspecified atom stereocenters. The number of hydrogen-bond acceptors (Lipinski definition) is 2.